The molecule has 4 nitrogen and oxygen atoms in total. The largest absolute Gasteiger partial charge is 0.298 e. The molecule has 1 rings (SSSR count). The van der Waals surface area contributed by atoms with Gasteiger partial charge in [0.05, 0.1) is 6.54 Å². The lowest BCUT2D eigenvalue weighted by Crippen LogP contribution is -2.41. The zero-order valence-corrected chi connectivity index (χ0v) is 7.54. The Kier molecular flexibility index (Phi) is 2.81. The van der Waals surface area contributed by atoms with Crippen LogP contribution in [0.2, 0.25) is 0 Å². The van der Waals surface area contributed by atoms with Crippen LogP contribution in [0.1, 0.15) is 20.3 Å². The molecule has 4 heteroatoms. The van der Waals surface area contributed by atoms with E-state index in [0.717, 1.165) is 0 Å². The highest BCUT2D eigenvalue weighted by Crippen LogP contribution is 2.10. The fourth-order valence-corrected chi connectivity index (χ4v) is 1.43. The molecule has 1 saturated heterocycles. The van der Waals surface area contributed by atoms with Crippen molar-refractivity contribution < 1.29 is 9.59 Å². The third-order valence-electron chi connectivity index (χ3n) is 1.92. The van der Waals surface area contributed by atoms with E-state index in [0.29, 0.717) is 26.1 Å². The molecule has 0 aromatic heterocycles. The number of Topliss-reactive ketones (excluding diaryl/α,β-unsaturated/α-hetero) is 1. The van der Waals surface area contributed by atoms with E-state index in [1.54, 1.807) is 5.01 Å². The third kappa shape index (κ3) is 1.82. The minimum Gasteiger partial charge on any atom is -0.298 e. The first-order chi connectivity index (χ1) is 5.65. The number of hydrogen-bond acceptors (Lipinski definition) is 3. The molecular weight excluding hydrogens is 156 g/mol. The molecule has 0 unspecified atom stereocenters. The van der Waals surface area contributed by atoms with Gasteiger partial charge in [-0.2, -0.15) is 0 Å². The zero-order valence-electron chi connectivity index (χ0n) is 7.54. The average molecular weight is 170 g/mol. The van der Waals surface area contributed by atoms with Gasteiger partial charge < -0.3 is 0 Å². The maximum atomic E-state index is 11.2. The Morgan fingerprint density at radius 1 is 1.58 bits per heavy atom. The standard InChI is InChI=1S/C8H14N2O2/c1-3-10-8(12)4-5-9(10)6-7(2)11/h3-6H2,1-2H3. The molecule has 1 aliphatic rings. The molecule has 1 aliphatic heterocycles. The molecule has 0 radical (unpaired) electrons. The Hall–Kier alpha value is -0.900. The summed E-state index contributed by atoms with van der Waals surface area (Å²) in [7, 11) is 0. The molecule has 1 fully saturated rings. The molecule has 1 amide bonds. The lowest BCUT2D eigenvalue weighted by Gasteiger charge is -2.25. The van der Waals surface area contributed by atoms with Gasteiger partial charge in [-0.1, -0.05) is 0 Å². The van der Waals surface area contributed by atoms with Crippen LogP contribution in [-0.4, -0.2) is 41.3 Å². The molecule has 0 bridgehead atoms. The van der Waals surface area contributed by atoms with Gasteiger partial charge in [-0.3, -0.25) is 14.6 Å². The molecule has 0 aromatic rings. The number of rotatable bonds is 3. The first-order valence-electron chi connectivity index (χ1n) is 4.19. The Bertz CT molecular complexity index is 203. The number of nitrogens with zero attached hydrogens (tertiary/aromatic N) is 2. The van der Waals surface area contributed by atoms with E-state index in [2.05, 4.69) is 0 Å². The van der Waals surface area contributed by atoms with E-state index in [1.807, 2.05) is 11.9 Å². The van der Waals surface area contributed by atoms with Crippen LogP contribution < -0.4 is 0 Å². The van der Waals surface area contributed by atoms with Gasteiger partial charge in [-0.05, 0) is 13.8 Å². The van der Waals surface area contributed by atoms with Gasteiger partial charge in [0.1, 0.15) is 5.78 Å². The van der Waals surface area contributed by atoms with E-state index < -0.39 is 0 Å². The number of ketones is 1. The Labute approximate surface area is 72.1 Å². The lowest BCUT2D eigenvalue weighted by molar-refractivity contribution is -0.139. The number of hydrogen-bond donors (Lipinski definition) is 0. The summed E-state index contributed by atoms with van der Waals surface area (Å²) in [6, 6.07) is 0. The highest BCUT2D eigenvalue weighted by molar-refractivity contribution is 5.81. The fraction of sp³-hybridized carbons (Fsp3) is 0.750. The molecule has 0 atom stereocenters. The number of carbonyl (C=O) groups is 2. The quantitative estimate of drug-likeness (QED) is 0.600. The molecule has 0 aliphatic carbocycles. The summed E-state index contributed by atoms with van der Waals surface area (Å²) in [6.07, 6.45) is 0.543. The van der Waals surface area contributed by atoms with Crippen LogP contribution in [0.15, 0.2) is 0 Å². The molecule has 0 N–H and O–H groups in total. The molecule has 0 aromatic carbocycles. The second-order valence-electron chi connectivity index (χ2n) is 2.95. The second kappa shape index (κ2) is 3.67. The van der Waals surface area contributed by atoms with E-state index in [1.165, 1.54) is 6.92 Å². The van der Waals surface area contributed by atoms with Crippen molar-refractivity contribution in [2.75, 3.05) is 19.6 Å². The van der Waals surface area contributed by atoms with E-state index >= 15 is 0 Å². The van der Waals surface area contributed by atoms with Gasteiger partial charge in [-0.25, -0.2) is 5.01 Å². The number of carbonyl (C=O) groups excluding carboxylic acids is 2. The van der Waals surface area contributed by atoms with Crippen molar-refractivity contribution >= 4 is 11.7 Å². The molecule has 1 heterocycles. The van der Waals surface area contributed by atoms with Crippen molar-refractivity contribution in [3.8, 4) is 0 Å². The van der Waals surface area contributed by atoms with Gasteiger partial charge in [0, 0.05) is 19.5 Å². The summed E-state index contributed by atoms with van der Waals surface area (Å²) >= 11 is 0. The van der Waals surface area contributed by atoms with E-state index in [4.69, 9.17) is 0 Å². The predicted octanol–water partition coefficient (Wildman–Crippen LogP) is 0.0446. The van der Waals surface area contributed by atoms with E-state index in [9.17, 15) is 9.59 Å². The highest BCUT2D eigenvalue weighted by atomic mass is 16.2. The Morgan fingerprint density at radius 3 is 2.75 bits per heavy atom. The normalized spacial score (nSPS) is 18.8. The minimum atomic E-state index is 0.100. The van der Waals surface area contributed by atoms with Crippen molar-refractivity contribution in [2.24, 2.45) is 0 Å². The van der Waals surface area contributed by atoms with E-state index in [-0.39, 0.29) is 11.7 Å². The first-order valence-corrected chi connectivity index (χ1v) is 4.19. The van der Waals surface area contributed by atoms with Crippen LogP contribution >= 0.6 is 0 Å². The summed E-state index contributed by atoms with van der Waals surface area (Å²) < 4.78 is 0. The van der Waals surface area contributed by atoms with Gasteiger partial charge in [0.25, 0.3) is 0 Å². The monoisotopic (exact) mass is 170 g/mol. The molecular formula is C8H14N2O2. The summed E-state index contributed by atoms with van der Waals surface area (Å²) in [5.41, 5.74) is 0. The Balaban J connectivity index is 2.54. The third-order valence-corrected chi connectivity index (χ3v) is 1.92. The lowest BCUT2D eigenvalue weighted by atomic mass is 10.4. The summed E-state index contributed by atoms with van der Waals surface area (Å²) in [5.74, 6) is 0.224. The molecule has 12 heavy (non-hydrogen) atoms. The van der Waals surface area contributed by atoms with Gasteiger partial charge in [0.2, 0.25) is 5.91 Å². The molecule has 68 valence electrons. The molecule has 0 saturated carbocycles. The van der Waals surface area contributed by atoms with Crippen molar-refractivity contribution in [1.82, 2.24) is 10.0 Å². The Morgan fingerprint density at radius 2 is 2.25 bits per heavy atom. The predicted molar refractivity (Wildman–Crippen MR) is 44.3 cm³/mol. The maximum Gasteiger partial charge on any atom is 0.238 e. The SMILES string of the molecule is CCN1C(=O)CCN1CC(C)=O. The summed E-state index contributed by atoms with van der Waals surface area (Å²) in [4.78, 5) is 22.0. The second-order valence-corrected chi connectivity index (χ2v) is 2.95. The zero-order chi connectivity index (χ0) is 9.14. The fourth-order valence-electron chi connectivity index (χ4n) is 1.43. The van der Waals surface area contributed by atoms with Crippen molar-refractivity contribution in [3.05, 3.63) is 0 Å². The number of hydrazine groups is 1. The smallest absolute Gasteiger partial charge is 0.238 e. The van der Waals surface area contributed by atoms with Crippen molar-refractivity contribution in [1.29, 1.82) is 0 Å². The van der Waals surface area contributed by atoms with Gasteiger partial charge in [-0.15, -0.1) is 0 Å². The number of amides is 1. The van der Waals surface area contributed by atoms with Crippen LogP contribution in [0, 0.1) is 0 Å². The summed E-state index contributed by atoms with van der Waals surface area (Å²) in [5, 5.41) is 3.45. The van der Waals surface area contributed by atoms with Crippen LogP contribution in [0.5, 0.6) is 0 Å². The van der Waals surface area contributed by atoms with Crippen LogP contribution in [0.4, 0.5) is 0 Å². The summed E-state index contributed by atoms with van der Waals surface area (Å²) in [6.45, 7) is 5.16. The van der Waals surface area contributed by atoms with Gasteiger partial charge >= 0.3 is 0 Å². The van der Waals surface area contributed by atoms with Crippen LogP contribution in [-0.2, 0) is 9.59 Å². The molecule has 0 spiro atoms. The van der Waals surface area contributed by atoms with Crippen molar-refractivity contribution in [2.45, 2.75) is 20.3 Å². The van der Waals surface area contributed by atoms with Crippen LogP contribution in [0.25, 0.3) is 0 Å². The van der Waals surface area contributed by atoms with Crippen LogP contribution in [0.3, 0.4) is 0 Å². The average Bonchev–Trinajstić information content (AvgIpc) is 2.30. The van der Waals surface area contributed by atoms with Gasteiger partial charge in [0.15, 0.2) is 0 Å². The minimum absolute atomic E-state index is 0.100. The highest BCUT2D eigenvalue weighted by Gasteiger charge is 2.27. The first kappa shape index (κ1) is 9.19. The topological polar surface area (TPSA) is 40.6 Å². The van der Waals surface area contributed by atoms with Crippen molar-refractivity contribution in [3.63, 3.8) is 0 Å². The maximum absolute atomic E-state index is 11.2.